The highest BCUT2D eigenvalue weighted by atomic mass is 35.5. The van der Waals surface area contributed by atoms with E-state index in [-0.39, 0.29) is 48.2 Å². The molecule has 1 aliphatic heterocycles. The van der Waals surface area contributed by atoms with Crippen molar-refractivity contribution < 1.29 is 4.79 Å². The van der Waals surface area contributed by atoms with Gasteiger partial charge in [-0.25, -0.2) is 0 Å². The molecular formula is C16H30Cl2N4O. The predicted octanol–water partition coefficient (Wildman–Crippen LogP) is 2.88. The SMILES string of the molecule is Cc1cc(C)n(C(C)CC(=O)N2CCC(N)C(C)(C)C2)n1.Cl.Cl. The molecule has 2 N–H and O–H groups in total. The van der Waals surface area contributed by atoms with Gasteiger partial charge in [0.05, 0.1) is 11.7 Å². The van der Waals surface area contributed by atoms with Crippen LogP contribution in [0.5, 0.6) is 0 Å². The lowest BCUT2D eigenvalue weighted by Gasteiger charge is -2.42. The number of carbonyl (C=O) groups excluding carboxylic acids is 1. The van der Waals surface area contributed by atoms with Crippen LogP contribution in [0.15, 0.2) is 6.07 Å². The van der Waals surface area contributed by atoms with Crippen LogP contribution in [0.3, 0.4) is 0 Å². The molecule has 2 unspecified atom stereocenters. The van der Waals surface area contributed by atoms with Crippen molar-refractivity contribution in [1.29, 1.82) is 0 Å². The highest BCUT2D eigenvalue weighted by Crippen LogP contribution is 2.28. The van der Waals surface area contributed by atoms with E-state index < -0.39 is 0 Å². The first kappa shape index (κ1) is 22.2. The molecule has 0 aromatic carbocycles. The lowest BCUT2D eigenvalue weighted by atomic mass is 9.79. The van der Waals surface area contributed by atoms with E-state index in [9.17, 15) is 4.79 Å². The number of piperidine rings is 1. The molecule has 0 radical (unpaired) electrons. The van der Waals surface area contributed by atoms with Crippen LogP contribution < -0.4 is 5.73 Å². The van der Waals surface area contributed by atoms with Crippen LogP contribution in [0, 0.1) is 19.3 Å². The summed E-state index contributed by atoms with van der Waals surface area (Å²) in [5.41, 5.74) is 8.24. The van der Waals surface area contributed by atoms with Gasteiger partial charge in [-0.3, -0.25) is 9.48 Å². The quantitative estimate of drug-likeness (QED) is 0.896. The van der Waals surface area contributed by atoms with E-state index in [1.54, 1.807) is 0 Å². The summed E-state index contributed by atoms with van der Waals surface area (Å²) < 4.78 is 1.95. The third-order valence-corrected chi connectivity index (χ3v) is 4.60. The molecule has 0 saturated carbocycles. The molecule has 7 heteroatoms. The molecular weight excluding hydrogens is 335 g/mol. The van der Waals surface area contributed by atoms with Crippen LogP contribution in [0.1, 0.15) is 51.0 Å². The van der Waals surface area contributed by atoms with Gasteiger partial charge in [0.15, 0.2) is 0 Å². The summed E-state index contributed by atoms with van der Waals surface area (Å²) in [6.07, 6.45) is 1.38. The van der Waals surface area contributed by atoms with Crippen LogP contribution >= 0.6 is 24.8 Å². The highest BCUT2D eigenvalue weighted by molar-refractivity contribution is 5.85. The molecule has 23 heavy (non-hydrogen) atoms. The van der Waals surface area contributed by atoms with E-state index in [1.807, 2.05) is 29.5 Å². The Hall–Kier alpha value is -0.780. The Kier molecular flexibility index (Phi) is 8.07. The van der Waals surface area contributed by atoms with Crippen molar-refractivity contribution in [2.24, 2.45) is 11.1 Å². The molecule has 5 nitrogen and oxygen atoms in total. The first-order valence-corrected chi connectivity index (χ1v) is 7.77. The third-order valence-electron chi connectivity index (χ3n) is 4.60. The Labute approximate surface area is 151 Å². The molecule has 1 fully saturated rings. The zero-order chi connectivity index (χ0) is 15.8. The first-order chi connectivity index (χ1) is 9.70. The van der Waals surface area contributed by atoms with Crippen LogP contribution in [0.25, 0.3) is 0 Å². The monoisotopic (exact) mass is 364 g/mol. The van der Waals surface area contributed by atoms with E-state index in [2.05, 4.69) is 25.9 Å². The van der Waals surface area contributed by atoms with Gasteiger partial charge in [-0.05, 0) is 38.7 Å². The molecule has 2 heterocycles. The molecule has 2 rings (SSSR count). The highest BCUT2D eigenvalue weighted by Gasteiger charge is 2.35. The van der Waals surface area contributed by atoms with Crippen molar-refractivity contribution in [1.82, 2.24) is 14.7 Å². The maximum atomic E-state index is 12.5. The van der Waals surface area contributed by atoms with Crippen LogP contribution in [-0.2, 0) is 4.79 Å². The number of nitrogens with two attached hydrogens (primary N) is 1. The molecule has 1 amide bonds. The van der Waals surface area contributed by atoms with Gasteiger partial charge < -0.3 is 10.6 Å². The number of hydrogen-bond donors (Lipinski definition) is 1. The molecule has 0 bridgehead atoms. The number of likely N-dealkylation sites (tertiary alicyclic amines) is 1. The van der Waals surface area contributed by atoms with E-state index >= 15 is 0 Å². The van der Waals surface area contributed by atoms with E-state index in [0.717, 1.165) is 30.9 Å². The maximum Gasteiger partial charge on any atom is 0.224 e. The number of aryl methyl sites for hydroxylation is 2. The Morgan fingerprint density at radius 2 is 2.04 bits per heavy atom. The van der Waals surface area contributed by atoms with Gasteiger partial charge in [0, 0.05) is 31.2 Å². The first-order valence-electron chi connectivity index (χ1n) is 7.77. The summed E-state index contributed by atoms with van der Waals surface area (Å²) in [6, 6.07) is 2.31. The Morgan fingerprint density at radius 3 is 2.52 bits per heavy atom. The molecule has 2 atom stereocenters. The smallest absolute Gasteiger partial charge is 0.224 e. The minimum absolute atomic E-state index is 0. The number of aromatic nitrogens is 2. The zero-order valence-corrected chi connectivity index (χ0v) is 16.3. The van der Waals surface area contributed by atoms with Gasteiger partial charge in [-0.1, -0.05) is 13.8 Å². The van der Waals surface area contributed by atoms with Crippen LogP contribution in [0.2, 0.25) is 0 Å². The lowest BCUT2D eigenvalue weighted by molar-refractivity contribution is -0.135. The Morgan fingerprint density at radius 1 is 1.43 bits per heavy atom. The average molecular weight is 365 g/mol. The van der Waals surface area contributed by atoms with Crippen LogP contribution in [0.4, 0.5) is 0 Å². The maximum absolute atomic E-state index is 12.5. The van der Waals surface area contributed by atoms with Gasteiger partial charge >= 0.3 is 0 Å². The summed E-state index contributed by atoms with van der Waals surface area (Å²) in [5.74, 6) is 0.204. The molecule has 0 spiro atoms. The number of rotatable bonds is 3. The van der Waals surface area contributed by atoms with Crippen LogP contribution in [-0.4, -0.2) is 39.7 Å². The average Bonchev–Trinajstić information content (AvgIpc) is 2.71. The summed E-state index contributed by atoms with van der Waals surface area (Å²) in [5, 5.41) is 4.47. The number of carbonyl (C=O) groups is 1. The molecule has 1 aromatic rings. The van der Waals surface area contributed by atoms with Gasteiger partial charge in [0.25, 0.3) is 0 Å². The lowest BCUT2D eigenvalue weighted by Crippen LogP contribution is -2.54. The largest absolute Gasteiger partial charge is 0.342 e. The van der Waals surface area contributed by atoms with Gasteiger partial charge in [0.1, 0.15) is 0 Å². The number of amides is 1. The number of hydrogen-bond acceptors (Lipinski definition) is 3. The van der Waals surface area contributed by atoms with Crippen molar-refractivity contribution in [3.8, 4) is 0 Å². The van der Waals surface area contributed by atoms with Crippen molar-refractivity contribution >= 4 is 30.7 Å². The molecule has 0 aliphatic carbocycles. The molecule has 134 valence electrons. The zero-order valence-electron chi connectivity index (χ0n) is 14.7. The molecule has 1 saturated heterocycles. The fraction of sp³-hybridized carbons (Fsp3) is 0.750. The van der Waals surface area contributed by atoms with E-state index in [4.69, 9.17) is 5.73 Å². The van der Waals surface area contributed by atoms with Crippen molar-refractivity contribution in [3.05, 3.63) is 17.5 Å². The Bertz CT molecular complexity index is 530. The minimum Gasteiger partial charge on any atom is -0.342 e. The van der Waals surface area contributed by atoms with Crippen molar-refractivity contribution in [2.45, 2.75) is 59.5 Å². The molecule has 1 aliphatic rings. The van der Waals surface area contributed by atoms with E-state index in [1.165, 1.54) is 0 Å². The second kappa shape index (κ2) is 8.36. The van der Waals surface area contributed by atoms with Gasteiger partial charge in [0.2, 0.25) is 5.91 Å². The van der Waals surface area contributed by atoms with E-state index in [0.29, 0.717) is 6.42 Å². The topological polar surface area (TPSA) is 64.2 Å². The third kappa shape index (κ3) is 5.10. The Balaban J connectivity index is 0.00000242. The summed E-state index contributed by atoms with van der Waals surface area (Å²) in [6.45, 7) is 11.9. The fourth-order valence-corrected chi connectivity index (χ4v) is 3.15. The standard InChI is InChI=1S/C16H28N4O.2ClH/c1-11-8-12(2)20(18-11)13(3)9-15(21)19-7-6-14(17)16(4,5)10-19;;/h8,13-14H,6-7,9-10,17H2,1-5H3;2*1H. The molecule has 1 aromatic heterocycles. The van der Waals surface area contributed by atoms with Crippen molar-refractivity contribution in [3.63, 3.8) is 0 Å². The second-order valence-electron chi connectivity index (χ2n) is 7.12. The minimum atomic E-state index is -0.00461. The van der Waals surface area contributed by atoms with Gasteiger partial charge in [-0.2, -0.15) is 5.10 Å². The van der Waals surface area contributed by atoms with Gasteiger partial charge in [-0.15, -0.1) is 24.8 Å². The van der Waals surface area contributed by atoms with Crippen molar-refractivity contribution in [2.75, 3.05) is 13.1 Å². The fourth-order valence-electron chi connectivity index (χ4n) is 3.15. The predicted molar refractivity (Wildman–Crippen MR) is 98.5 cm³/mol. The summed E-state index contributed by atoms with van der Waals surface area (Å²) >= 11 is 0. The number of nitrogens with zero attached hydrogens (tertiary/aromatic N) is 3. The number of halogens is 2. The normalized spacial score (nSPS) is 21.1. The second-order valence-corrected chi connectivity index (χ2v) is 7.12. The summed E-state index contributed by atoms with van der Waals surface area (Å²) in [7, 11) is 0. The summed E-state index contributed by atoms with van der Waals surface area (Å²) in [4.78, 5) is 14.5.